The number of halogens is 1. The Kier molecular flexibility index (Phi) is 4.46. The van der Waals surface area contributed by atoms with Crippen molar-refractivity contribution in [3.8, 4) is 5.69 Å². The molecule has 1 heterocycles. The summed E-state index contributed by atoms with van der Waals surface area (Å²) in [5, 5.41) is 16.6. The number of anilines is 1. The summed E-state index contributed by atoms with van der Waals surface area (Å²) in [5.41, 5.74) is 2.22. The molecule has 3 aromatic rings. The fourth-order valence-electron chi connectivity index (χ4n) is 2.18. The first-order valence-corrected chi connectivity index (χ1v) is 7.26. The Bertz CT molecular complexity index is 863. The molecule has 0 saturated heterocycles. The first kappa shape index (κ1) is 15.6. The van der Waals surface area contributed by atoms with E-state index in [-0.39, 0.29) is 18.4 Å². The lowest BCUT2D eigenvalue weighted by molar-refractivity contribution is 0.251. The van der Waals surface area contributed by atoms with Crippen molar-refractivity contribution in [1.82, 2.24) is 25.5 Å². The number of tetrazole rings is 1. The molecule has 3 rings (SSSR count). The van der Waals surface area contributed by atoms with Gasteiger partial charge in [-0.15, -0.1) is 5.10 Å². The molecule has 0 fully saturated rings. The molecular formula is C16H15FN6O. The van der Waals surface area contributed by atoms with Crippen molar-refractivity contribution in [1.29, 1.82) is 0 Å². The maximum Gasteiger partial charge on any atom is 0.319 e. The zero-order valence-electron chi connectivity index (χ0n) is 12.9. The van der Waals surface area contributed by atoms with Gasteiger partial charge in [0.2, 0.25) is 0 Å². The molecule has 8 heteroatoms. The summed E-state index contributed by atoms with van der Waals surface area (Å²) in [7, 11) is 0. The van der Waals surface area contributed by atoms with E-state index in [2.05, 4.69) is 26.2 Å². The van der Waals surface area contributed by atoms with Gasteiger partial charge in [0.15, 0.2) is 5.82 Å². The van der Waals surface area contributed by atoms with Gasteiger partial charge in [-0.05, 0) is 53.2 Å². The average Bonchev–Trinajstić information content (AvgIpc) is 3.01. The molecule has 24 heavy (non-hydrogen) atoms. The van der Waals surface area contributed by atoms with Crippen LogP contribution in [0.5, 0.6) is 0 Å². The Morgan fingerprint density at radius 1 is 1.21 bits per heavy atom. The number of hydrogen-bond donors (Lipinski definition) is 2. The van der Waals surface area contributed by atoms with E-state index in [9.17, 15) is 9.18 Å². The predicted molar refractivity (Wildman–Crippen MR) is 86.1 cm³/mol. The molecule has 0 aliphatic carbocycles. The molecule has 122 valence electrons. The molecule has 0 atom stereocenters. The Labute approximate surface area is 137 Å². The van der Waals surface area contributed by atoms with Crippen molar-refractivity contribution in [3.63, 3.8) is 0 Å². The smallest absolute Gasteiger partial charge is 0.319 e. The van der Waals surface area contributed by atoms with E-state index in [1.807, 2.05) is 25.1 Å². The highest BCUT2D eigenvalue weighted by Gasteiger charge is 2.10. The quantitative estimate of drug-likeness (QED) is 0.771. The van der Waals surface area contributed by atoms with E-state index in [0.717, 1.165) is 5.56 Å². The highest BCUT2D eigenvalue weighted by molar-refractivity contribution is 5.89. The van der Waals surface area contributed by atoms with Gasteiger partial charge in [-0.2, -0.15) is 4.68 Å². The second-order valence-electron chi connectivity index (χ2n) is 5.16. The summed E-state index contributed by atoms with van der Waals surface area (Å²) in [6, 6.07) is 13.0. The van der Waals surface area contributed by atoms with Crippen molar-refractivity contribution < 1.29 is 9.18 Å². The molecule has 2 amide bonds. The van der Waals surface area contributed by atoms with Crippen molar-refractivity contribution >= 4 is 11.7 Å². The topological polar surface area (TPSA) is 84.7 Å². The van der Waals surface area contributed by atoms with E-state index >= 15 is 0 Å². The number of carbonyl (C=O) groups is 1. The second-order valence-corrected chi connectivity index (χ2v) is 5.16. The van der Waals surface area contributed by atoms with Crippen LogP contribution >= 0.6 is 0 Å². The van der Waals surface area contributed by atoms with E-state index in [0.29, 0.717) is 17.2 Å². The normalized spacial score (nSPS) is 10.4. The summed E-state index contributed by atoms with van der Waals surface area (Å²) in [6.07, 6.45) is 0. The SMILES string of the molecule is Cc1cccc(NC(=O)NCc2nnnn2-c2cccc(F)c2)c1. The van der Waals surface area contributed by atoms with E-state index in [4.69, 9.17) is 0 Å². The molecule has 0 aliphatic rings. The van der Waals surface area contributed by atoms with Crippen LogP contribution in [0.1, 0.15) is 11.4 Å². The molecule has 0 bridgehead atoms. The van der Waals surface area contributed by atoms with Gasteiger partial charge in [-0.3, -0.25) is 0 Å². The van der Waals surface area contributed by atoms with Crippen LogP contribution in [0.4, 0.5) is 14.9 Å². The number of benzene rings is 2. The van der Waals surface area contributed by atoms with Gasteiger partial charge in [-0.1, -0.05) is 18.2 Å². The first-order chi connectivity index (χ1) is 11.6. The molecule has 1 aromatic heterocycles. The monoisotopic (exact) mass is 326 g/mol. The number of carbonyl (C=O) groups excluding carboxylic acids is 1. The molecular weight excluding hydrogens is 311 g/mol. The largest absolute Gasteiger partial charge is 0.330 e. The molecule has 7 nitrogen and oxygen atoms in total. The Balaban J connectivity index is 1.65. The van der Waals surface area contributed by atoms with Crippen LogP contribution in [-0.4, -0.2) is 26.2 Å². The summed E-state index contributed by atoms with van der Waals surface area (Å²) in [4.78, 5) is 12.0. The van der Waals surface area contributed by atoms with Crippen LogP contribution in [0.15, 0.2) is 48.5 Å². The minimum Gasteiger partial charge on any atom is -0.330 e. The van der Waals surface area contributed by atoms with Gasteiger partial charge >= 0.3 is 6.03 Å². The van der Waals surface area contributed by atoms with Crippen molar-refractivity contribution in [2.45, 2.75) is 13.5 Å². The van der Waals surface area contributed by atoms with Gasteiger partial charge in [0.1, 0.15) is 5.82 Å². The standard InChI is InChI=1S/C16H15FN6O/c1-11-4-2-6-13(8-11)19-16(24)18-10-15-20-21-22-23(15)14-7-3-5-12(17)9-14/h2-9H,10H2,1H3,(H2,18,19,24). The second kappa shape index (κ2) is 6.86. The third-order valence-electron chi connectivity index (χ3n) is 3.27. The molecule has 0 radical (unpaired) electrons. The number of urea groups is 1. The van der Waals surface area contributed by atoms with Gasteiger partial charge < -0.3 is 10.6 Å². The first-order valence-electron chi connectivity index (χ1n) is 7.26. The van der Waals surface area contributed by atoms with Crippen LogP contribution in [-0.2, 0) is 6.54 Å². The average molecular weight is 326 g/mol. The Morgan fingerprint density at radius 2 is 2.04 bits per heavy atom. The van der Waals surface area contributed by atoms with Gasteiger partial charge in [0.05, 0.1) is 12.2 Å². The Hall–Kier alpha value is -3.29. The summed E-state index contributed by atoms with van der Waals surface area (Å²) in [5.74, 6) is -0.000841. The van der Waals surface area contributed by atoms with Crippen molar-refractivity contribution in [2.24, 2.45) is 0 Å². The Morgan fingerprint density at radius 3 is 2.83 bits per heavy atom. The summed E-state index contributed by atoms with van der Waals surface area (Å²) < 4.78 is 14.7. The predicted octanol–water partition coefficient (Wildman–Crippen LogP) is 2.43. The van der Waals surface area contributed by atoms with Gasteiger partial charge in [0.25, 0.3) is 0 Å². The maximum absolute atomic E-state index is 13.3. The highest BCUT2D eigenvalue weighted by Crippen LogP contribution is 2.11. The summed E-state index contributed by atoms with van der Waals surface area (Å²) in [6.45, 7) is 2.04. The minimum atomic E-state index is -0.390. The van der Waals surface area contributed by atoms with E-state index < -0.39 is 0 Å². The number of aromatic nitrogens is 4. The van der Waals surface area contributed by atoms with Crippen LogP contribution in [0.25, 0.3) is 5.69 Å². The molecule has 0 saturated carbocycles. The fourth-order valence-corrected chi connectivity index (χ4v) is 2.18. The maximum atomic E-state index is 13.3. The van der Waals surface area contributed by atoms with Crippen LogP contribution < -0.4 is 10.6 Å². The highest BCUT2D eigenvalue weighted by atomic mass is 19.1. The summed E-state index contributed by atoms with van der Waals surface area (Å²) >= 11 is 0. The number of nitrogens with zero attached hydrogens (tertiary/aromatic N) is 4. The third kappa shape index (κ3) is 3.72. The van der Waals surface area contributed by atoms with Crippen LogP contribution in [0, 0.1) is 12.7 Å². The number of hydrogen-bond acceptors (Lipinski definition) is 4. The third-order valence-corrected chi connectivity index (χ3v) is 3.27. The lowest BCUT2D eigenvalue weighted by Crippen LogP contribution is -2.29. The van der Waals surface area contributed by atoms with E-state index in [1.54, 1.807) is 18.2 Å². The van der Waals surface area contributed by atoms with Crippen LogP contribution in [0.3, 0.4) is 0 Å². The number of rotatable bonds is 4. The molecule has 0 unspecified atom stereocenters. The minimum absolute atomic E-state index is 0.0984. The molecule has 2 N–H and O–H groups in total. The number of amides is 2. The van der Waals surface area contributed by atoms with Crippen molar-refractivity contribution in [3.05, 3.63) is 65.7 Å². The lowest BCUT2D eigenvalue weighted by Gasteiger charge is -2.08. The number of nitrogens with one attached hydrogen (secondary N) is 2. The van der Waals surface area contributed by atoms with Gasteiger partial charge in [0, 0.05) is 5.69 Å². The van der Waals surface area contributed by atoms with E-state index in [1.165, 1.54) is 16.8 Å². The van der Waals surface area contributed by atoms with Crippen LogP contribution in [0.2, 0.25) is 0 Å². The molecule has 0 spiro atoms. The number of aryl methyl sites for hydroxylation is 1. The van der Waals surface area contributed by atoms with Gasteiger partial charge in [-0.25, -0.2) is 9.18 Å². The zero-order valence-corrected chi connectivity index (χ0v) is 12.9. The van der Waals surface area contributed by atoms with Crippen molar-refractivity contribution in [2.75, 3.05) is 5.32 Å². The fraction of sp³-hybridized carbons (Fsp3) is 0.125. The molecule has 0 aliphatic heterocycles. The zero-order chi connectivity index (χ0) is 16.9. The molecule has 2 aromatic carbocycles. The lowest BCUT2D eigenvalue weighted by atomic mass is 10.2.